The molecule has 1 unspecified atom stereocenters. The van der Waals surface area contributed by atoms with Crippen LogP contribution in [0.2, 0.25) is 0 Å². The van der Waals surface area contributed by atoms with Crippen molar-refractivity contribution < 1.29 is 22.4 Å². The minimum Gasteiger partial charge on any atom is -0.376 e. The first-order valence-corrected chi connectivity index (χ1v) is 5.18. The van der Waals surface area contributed by atoms with Crippen molar-refractivity contribution in [2.45, 2.75) is 18.3 Å². The Morgan fingerprint density at radius 3 is 2.58 bits per heavy atom. The lowest BCUT2D eigenvalue weighted by molar-refractivity contribution is -0.0877. The maximum absolute atomic E-state index is 10.7. The molecule has 5 nitrogen and oxygen atoms in total. The first-order chi connectivity index (χ1) is 5.52. The first-order valence-electron chi connectivity index (χ1n) is 3.67. The predicted octanol–water partition coefficient (Wildman–Crippen LogP) is -0.322. The molecule has 1 fully saturated rings. The summed E-state index contributed by atoms with van der Waals surface area (Å²) in [6.07, 6.45) is -0.547. The molecule has 0 aromatic rings. The second-order valence-corrected chi connectivity index (χ2v) is 4.48. The molecular formula is C6H12O5S. The van der Waals surface area contributed by atoms with Crippen LogP contribution in [-0.4, -0.2) is 44.1 Å². The molecule has 2 atom stereocenters. The average molecular weight is 196 g/mol. The van der Waals surface area contributed by atoms with E-state index >= 15 is 0 Å². The Morgan fingerprint density at radius 2 is 2.17 bits per heavy atom. The van der Waals surface area contributed by atoms with Gasteiger partial charge in [0.25, 0.3) is 10.1 Å². The first kappa shape index (κ1) is 9.91. The van der Waals surface area contributed by atoms with E-state index in [0.29, 0.717) is 13.2 Å². The van der Waals surface area contributed by atoms with Crippen molar-refractivity contribution in [1.82, 2.24) is 0 Å². The van der Waals surface area contributed by atoms with E-state index in [-0.39, 0.29) is 6.61 Å². The highest BCUT2D eigenvalue weighted by molar-refractivity contribution is 7.86. The van der Waals surface area contributed by atoms with Crippen LogP contribution in [0.15, 0.2) is 0 Å². The Labute approximate surface area is 71.4 Å². The van der Waals surface area contributed by atoms with E-state index in [9.17, 15) is 8.42 Å². The van der Waals surface area contributed by atoms with Crippen molar-refractivity contribution in [2.24, 2.45) is 0 Å². The van der Waals surface area contributed by atoms with Gasteiger partial charge in [-0.25, -0.2) is 0 Å². The minimum absolute atomic E-state index is 0.223. The van der Waals surface area contributed by atoms with Crippen molar-refractivity contribution in [3.63, 3.8) is 0 Å². The van der Waals surface area contributed by atoms with Crippen LogP contribution in [0.3, 0.4) is 0 Å². The molecule has 0 bridgehead atoms. The van der Waals surface area contributed by atoms with Crippen molar-refractivity contribution in [3.05, 3.63) is 0 Å². The molecular weight excluding hydrogens is 184 g/mol. The zero-order chi connectivity index (χ0) is 9.19. The van der Waals surface area contributed by atoms with E-state index in [2.05, 4.69) is 0 Å². The maximum atomic E-state index is 10.7. The molecule has 1 aliphatic rings. The van der Waals surface area contributed by atoms with Gasteiger partial charge in [0.1, 0.15) is 5.25 Å². The van der Waals surface area contributed by atoms with Gasteiger partial charge in [0.15, 0.2) is 0 Å². The molecule has 72 valence electrons. The molecule has 0 saturated carbocycles. The summed E-state index contributed by atoms with van der Waals surface area (Å²) in [4.78, 5) is 0. The summed E-state index contributed by atoms with van der Waals surface area (Å²) >= 11 is 0. The smallest absolute Gasteiger partial charge is 0.270 e. The van der Waals surface area contributed by atoms with Crippen LogP contribution in [0.5, 0.6) is 0 Å². The van der Waals surface area contributed by atoms with E-state index in [1.54, 1.807) is 0 Å². The third-order valence-electron chi connectivity index (χ3n) is 1.84. The predicted molar refractivity (Wildman–Crippen MR) is 41.6 cm³/mol. The second kappa shape index (κ2) is 3.69. The number of hydrogen-bond acceptors (Lipinski definition) is 4. The van der Waals surface area contributed by atoms with Gasteiger partial charge in [-0.05, 0) is 6.92 Å². The molecule has 0 radical (unpaired) electrons. The summed E-state index contributed by atoms with van der Waals surface area (Å²) in [5, 5.41) is -0.919. The van der Waals surface area contributed by atoms with E-state index in [1.165, 1.54) is 6.92 Å². The van der Waals surface area contributed by atoms with Crippen molar-refractivity contribution in [2.75, 3.05) is 19.8 Å². The van der Waals surface area contributed by atoms with Gasteiger partial charge in [0, 0.05) is 0 Å². The van der Waals surface area contributed by atoms with E-state index in [4.69, 9.17) is 14.0 Å². The monoisotopic (exact) mass is 196 g/mol. The van der Waals surface area contributed by atoms with Crippen LogP contribution in [0.4, 0.5) is 0 Å². The molecule has 12 heavy (non-hydrogen) atoms. The van der Waals surface area contributed by atoms with Crippen molar-refractivity contribution in [1.29, 1.82) is 0 Å². The van der Waals surface area contributed by atoms with Crippen LogP contribution in [0.1, 0.15) is 6.92 Å². The zero-order valence-electron chi connectivity index (χ0n) is 6.76. The molecule has 0 spiro atoms. The normalized spacial score (nSPS) is 28.3. The van der Waals surface area contributed by atoms with Crippen LogP contribution >= 0.6 is 0 Å². The van der Waals surface area contributed by atoms with Gasteiger partial charge in [0.05, 0.1) is 25.9 Å². The molecule has 1 heterocycles. The van der Waals surface area contributed by atoms with E-state index in [1.807, 2.05) is 0 Å². The van der Waals surface area contributed by atoms with Gasteiger partial charge in [-0.15, -0.1) is 0 Å². The standard InChI is InChI=1S/C6H12O5S/c1-5(12(7,8)9)6-4-10-2-3-11-6/h5-6H,2-4H2,1H3,(H,7,8,9)/t5?,6-/m1/s1. The topological polar surface area (TPSA) is 72.8 Å². The highest BCUT2D eigenvalue weighted by atomic mass is 32.2. The lowest BCUT2D eigenvalue weighted by atomic mass is 10.3. The Bertz CT molecular complexity index is 228. The maximum Gasteiger partial charge on any atom is 0.270 e. The van der Waals surface area contributed by atoms with Gasteiger partial charge in [-0.1, -0.05) is 0 Å². The summed E-state index contributed by atoms with van der Waals surface area (Å²) in [6, 6.07) is 0. The molecule has 0 aromatic carbocycles. The summed E-state index contributed by atoms with van der Waals surface area (Å²) in [6.45, 7) is 2.48. The molecule has 1 rings (SSSR count). The minimum atomic E-state index is -4.01. The molecule has 0 aromatic heterocycles. The van der Waals surface area contributed by atoms with Crippen molar-refractivity contribution in [3.8, 4) is 0 Å². The van der Waals surface area contributed by atoms with Gasteiger partial charge in [-0.2, -0.15) is 8.42 Å². The number of ether oxygens (including phenoxy) is 2. The Hall–Kier alpha value is -0.170. The van der Waals surface area contributed by atoms with Crippen molar-refractivity contribution >= 4 is 10.1 Å². The lowest BCUT2D eigenvalue weighted by Gasteiger charge is -2.26. The van der Waals surface area contributed by atoms with Crippen LogP contribution in [0, 0.1) is 0 Å². The van der Waals surface area contributed by atoms with Gasteiger partial charge < -0.3 is 9.47 Å². The quantitative estimate of drug-likeness (QED) is 0.613. The number of hydrogen-bond donors (Lipinski definition) is 1. The zero-order valence-corrected chi connectivity index (χ0v) is 7.58. The molecule has 1 N–H and O–H groups in total. The average Bonchev–Trinajstić information content (AvgIpc) is 2.03. The Balaban J connectivity index is 2.57. The van der Waals surface area contributed by atoms with E-state index < -0.39 is 21.5 Å². The summed E-state index contributed by atoms with van der Waals surface area (Å²) in [5.41, 5.74) is 0. The Kier molecular flexibility index (Phi) is 3.05. The van der Waals surface area contributed by atoms with Crippen LogP contribution < -0.4 is 0 Å². The Morgan fingerprint density at radius 1 is 1.50 bits per heavy atom. The van der Waals surface area contributed by atoms with Gasteiger partial charge in [-0.3, -0.25) is 4.55 Å². The largest absolute Gasteiger partial charge is 0.376 e. The fourth-order valence-corrected chi connectivity index (χ4v) is 1.51. The highest BCUT2D eigenvalue weighted by Crippen LogP contribution is 2.11. The van der Waals surface area contributed by atoms with Gasteiger partial charge >= 0.3 is 0 Å². The molecule has 0 amide bonds. The highest BCUT2D eigenvalue weighted by Gasteiger charge is 2.30. The lowest BCUT2D eigenvalue weighted by Crippen LogP contribution is -2.40. The second-order valence-electron chi connectivity index (χ2n) is 2.70. The summed E-state index contributed by atoms with van der Waals surface area (Å²) in [5.74, 6) is 0. The summed E-state index contributed by atoms with van der Waals surface area (Å²) in [7, 11) is -4.01. The molecule has 1 saturated heterocycles. The fraction of sp³-hybridized carbons (Fsp3) is 1.00. The van der Waals surface area contributed by atoms with E-state index in [0.717, 1.165) is 0 Å². The molecule has 1 aliphatic heterocycles. The SMILES string of the molecule is CC([C@H]1COCCO1)S(=O)(=O)O. The third-order valence-corrected chi connectivity index (χ3v) is 3.08. The third kappa shape index (κ3) is 2.41. The van der Waals surface area contributed by atoms with Crippen LogP contribution in [-0.2, 0) is 19.6 Å². The summed E-state index contributed by atoms with van der Waals surface area (Å²) < 4.78 is 40.1. The van der Waals surface area contributed by atoms with Crippen LogP contribution in [0.25, 0.3) is 0 Å². The van der Waals surface area contributed by atoms with Gasteiger partial charge in [0.2, 0.25) is 0 Å². The fourth-order valence-electron chi connectivity index (χ4n) is 0.969. The molecule has 6 heteroatoms. The number of rotatable bonds is 2. The molecule has 0 aliphatic carbocycles.